The van der Waals surface area contributed by atoms with Gasteiger partial charge in [-0.25, -0.2) is 0 Å². The standard InChI is InChI=1S/C15H20N2O3/c18-9-3-1-2-8-16-15(20)12-4-6-13-11(10-12)5-7-14(19)17-13/h4,6,10,18H,1-3,5,7-9H2,(H,16,20)(H,17,19). The summed E-state index contributed by atoms with van der Waals surface area (Å²) in [6, 6.07) is 5.36. The van der Waals surface area contributed by atoms with Crippen LogP contribution in [0.4, 0.5) is 5.69 Å². The van der Waals surface area contributed by atoms with Crippen molar-refractivity contribution < 1.29 is 14.7 Å². The summed E-state index contributed by atoms with van der Waals surface area (Å²) in [5.74, 6) is -0.0627. The number of carbonyl (C=O) groups excluding carboxylic acids is 2. The Labute approximate surface area is 118 Å². The molecule has 3 N–H and O–H groups in total. The highest BCUT2D eigenvalue weighted by Crippen LogP contribution is 2.23. The van der Waals surface area contributed by atoms with Crippen molar-refractivity contribution in [1.82, 2.24) is 5.32 Å². The first kappa shape index (κ1) is 14.5. The van der Waals surface area contributed by atoms with Crippen LogP contribution < -0.4 is 10.6 Å². The van der Waals surface area contributed by atoms with Crippen LogP contribution in [0.1, 0.15) is 41.6 Å². The summed E-state index contributed by atoms with van der Waals surface area (Å²) in [5, 5.41) is 14.3. The molecule has 0 aliphatic carbocycles. The smallest absolute Gasteiger partial charge is 0.251 e. The minimum Gasteiger partial charge on any atom is -0.396 e. The molecule has 20 heavy (non-hydrogen) atoms. The first-order valence-corrected chi connectivity index (χ1v) is 7.02. The van der Waals surface area contributed by atoms with E-state index in [1.807, 2.05) is 6.07 Å². The monoisotopic (exact) mass is 276 g/mol. The van der Waals surface area contributed by atoms with Crippen molar-refractivity contribution in [1.29, 1.82) is 0 Å². The normalized spacial score (nSPS) is 13.6. The summed E-state index contributed by atoms with van der Waals surface area (Å²) in [6.45, 7) is 0.817. The van der Waals surface area contributed by atoms with E-state index >= 15 is 0 Å². The number of anilines is 1. The molecule has 2 amide bonds. The molecule has 108 valence electrons. The van der Waals surface area contributed by atoms with Crippen molar-refractivity contribution in [2.75, 3.05) is 18.5 Å². The number of amides is 2. The lowest BCUT2D eigenvalue weighted by Crippen LogP contribution is -2.25. The van der Waals surface area contributed by atoms with Gasteiger partial charge < -0.3 is 15.7 Å². The van der Waals surface area contributed by atoms with Gasteiger partial charge in [-0.3, -0.25) is 9.59 Å². The molecule has 0 saturated heterocycles. The van der Waals surface area contributed by atoms with Gasteiger partial charge in [0.05, 0.1) is 0 Å². The third kappa shape index (κ3) is 3.81. The molecule has 0 saturated carbocycles. The van der Waals surface area contributed by atoms with Gasteiger partial charge in [0.25, 0.3) is 5.91 Å². The van der Waals surface area contributed by atoms with E-state index in [0.717, 1.165) is 30.5 Å². The Hall–Kier alpha value is -1.88. The zero-order chi connectivity index (χ0) is 14.4. The Morgan fingerprint density at radius 2 is 2.10 bits per heavy atom. The van der Waals surface area contributed by atoms with Gasteiger partial charge in [0.1, 0.15) is 0 Å². The summed E-state index contributed by atoms with van der Waals surface area (Å²) >= 11 is 0. The van der Waals surface area contributed by atoms with Gasteiger partial charge in [-0.05, 0) is 49.4 Å². The van der Waals surface area contributed by atoms with E-state index in [1.165, 1.54) is 0 Å². The largest absolute Gasteiger partial charge is 0.396 e. The Balaban J connectivity index is 1.89. The third-order valence-electron chi connectivity index (χ3n) is 3.38. The lowest BCUT2D eigenvalue weighted by atomic mass is 10.00. The molecule has 5 nitrogen and oxygen atoms in total. The average molecular weight is 276 g/mol. The van der Waals surface area contributed by atoms with Crippen LogP contribution in [-0.2, 0) is 11.2 Å². The zero-order valence-corrected chi connectivity index (χ0v) is 11.4. The second-order valence-electron chi connectivity index (χ2n) is 4.96. The topological polar surface area (TPSA) is 78.4 Å². The van der Waals surface area contributed by atoms with Crippen LogP contribution in [0.25, 0.3) is 0 Å². The van der Waals surface area contributed by atoms with Gasteiger partial charge >= 0.3 is 0 Å². The molecule has 0 radical (unpaired) electrons. The van der Waals surface area contributed by atoms with Gasteiger partial charge in [-0.2, -0.15) is 0 Å². The molecular weight excluding hydrogens is 256 g/mol. The van der Waals surface area contributed by atoms with Crippen LogP contribution >= 0.6 is 0 Å². The minimum atomic E-state index is -0.0892. The Morgan fingerprint density at radius 3 is 2.90 bits per heavy atom. The van der Waals surface area contributed by atoms with E-state index in [-0.39, 0.29) is 18.4 Å². The van der Waals surface area contributed by atoms with Crippen LogP contribution in [0.15, 0.2) is 18.2 Å². The number of rotatable bonds is 6. The van der Waals surface area contributed by atoms with Crippen molar-refractivity contribution >= 4 is 17.5 Å². The van der Waals surface area contributed by atoms with Crippen LogP contribution in [-0.4, -0.2) is 30.1 Å². The van der Waals surface area contributed by atoms with Crippen LogP contribution in [0.2, 0.25) is 0 Å². The second-order valence-corrected chi connectivity index (χ2v) is 4.96. The molecule has 1 heterocycles. The molecule has 1 aliphatic rings. The molecule has 5 heteroatoms. The first-order chi connectivity index (χ1) is 9.70. The van der Waals surface area contributed by atoms with E-state index < -0.39 is 0 Å². The highest BCUT2D eigenvalue weighted by molar-refractivity contribution is 5.97. The fourth-order valence-electron chi connectivity index (χ4n) is 2.24. The molecule has 0 bridgehead atoms. The number of hydrogen-bond acceptors (Lipinski definition) is 3. The zero-order valence-electron chi connectivity index (χ0n) is 11.4. The summed E-state index contributed by atoms with van der Waals surface area (Å²) in [6.07, 6.45) is 3.70. The predicted molar refractivity (Wildman–Crippen MR) is 76.7 cm³/mol. The summed E-state index contributed by atoms with van der Waals surface area (Å²) < 4.78 is 0. The van der Waals surface area contributed by atoms with Crippen LogP contribution in [0.5, 0.6) is 0 Å². The van der Waals surface area contributed by atoms with Crippen molar-refractivity contribution in [3.8, 4) is 0 Å². The minimum absolute atomic E-state index is 0.0265. The molecule has 0 fully saturated rings. The summed E-state index contributed by atoms with van der Waals surface area (Å²) in [5.41, 5.74) is 2.44. The van der Waals surface area contributed by atoms with Crippen molar-refractivity contribution in [2.45, 2.75) is 32.1 Å². The van der Waals surface area contributed by atoms with E-state index in [9.17, 15) is 9.59 Å². The number of aryl methyl sites for hydroxylation is 1. The summed E-state index contributed by atoms with van der Waals surface area (Å²) in [4.78, 5) is 23.2. The lowest BCUT2D eigenvalue weighted by molar-refractivity contribution is -0.116. The molecular formula is C15H20N2O3. The van der Waals surface area contributed by atoms with E-state index in [1.54, 1.807) is 12.1 Å². The highest BCUT2D eigenvalue weighted by Gasteiger charge is 2.16. The number of hydrogen-bond donors (Lipinski definition) is 3. The number of unbranched alkanes of at least 4 members (excludes halogenated alkanes) is 2. The molecule has 0 spiro atoms. The second kappa shape index (κ2) is 7.05. The highest BCUT2D eigenvalue weighted by atomic mass is 16.3. The Morgan fingerprint density at radius 1 is 1.25 bits per heavy atom. The van der Waals surface area contributed by atoms with Crippen molar-refractivity contribution in [2.24, 2.45) is 0 Å². The van der Waals surface area contributed by atoms with E-state index in [2.05, 4.69) is 10.6 Å². The Kier molecular flexibility index (Phi) is 5.12. The van der Waals surface area contributed by atoms with Gasteiger partial charge in [0.15, 0.2) is 0 Å². The van der Waals surface area contributed by atoms with Gasteiger partial charge in [0.2, 0.25) is 5.91 Å². The number of aliphatic hydroxyl groups excluding tert-OH is 1. The molecule has 1 aromatic rings. The van der Waals surface area contributed by atoms with E-state index in [4.69, 9.17) is 5.11 Å². The van der Waals surface area contributed by atoms with Crippen LogP contribution in [0.3, 0.4) is 0 Å². The van der Waals surface area contributed by atoms with Gasteiger partial charge in [0, 0.05) is 30.8 Å². The Bertz CT molecular complexity index is 500. The van der Waals surface area contributed by atoms with Crippen molar-refractivity contribution in [3.05, 3.63) is 29.3 Å². The molecule has 0 atom stereocenters. The maximum absolute atomic E-state index is 12.0. The number of benzene rings is 1. The number of carbonyl (C=O) groups is 2. The van der Waals surface area contributed by atoms with E-state index in [0.29, 0.717) is 24.9 Å². The maximum atomic E-state index is 12.0. The fourth-order valence-corrected chi connectivity index (χ4v) is 2.24. The van der Waals surface area contributed by atoms with Crippen LogP contribution in [0, 0.1) is 0 Å². The van der Waals surface area contributed by atoms with Crippen molar-refractivity contribution in [3.63, 3.8) is 0 Å². The molecule has 1 aromatic carbocycles. The number of fused-ring (bicyclic) bond motifs is 1. The first-order valence-electron chi connectivity index (χ1n) is 7.02. The number of nitrogens with one attached hydrogen (secondary N) is 2. The summed E-state index contributed by atoms with van der Waals surface area (Å²) in [7, 11) is 0. The maximum Gasteiger partial charge on any atom is 0.251 e. The fraction of sp³-hybridized carbons (Fsp3) is 0.467. The van der Waals surface area contributed by atoms with Gasteiger partial charge in [-0.15, -0.1) is 0 Å². The number of aliphatic hydroxyl groups is 1. The predicted octanol–water partition coefficient (Wildman–Crippen LogP) is 1.46. The molecule has 1 aliphatic heterocycles. The SMILES string of the molecule is O=C1CCc2cc(C(=O)NCCCCCO)ccc2N1. The average Bonchev–Trinajstić information content (AvgIpc) is 2.46. The quantitative estimate of drug-likeness (QED) is 0.688. The molecule has 0 aromatic heterocycles. The molecule has 2 rings (SSSR count). The van der Waals surface area contributed by atoms with Gasteiger partial charge in [-0.1, -0.05) is 0 Å². The molecule has 0 unspecified atom stereocenters. The lowest BCUT2D eigenvalue weighted by Gasteiger charge is -2.17. The third-order valence-corrected chi connectivity index (χ3v) is 3.38.